The van der Waals surface area contributed by atoms with E-state index in [1.807, 2.05) is 13.8 Å². The first-order valence-corrected chi connectivity index (χ1v) is 7.53. The van der Waals surface area contributed by atoms with Crippen molar-refractivity contribution >= 4 is 17.9 Å². The molecule has 3 amide bonds. The van der Waals surface area contributed by atoms with Gasteiger partial charge in [0.25, 0.3) is 0 Å². The van der Waals surface area contributed by atoms with Gasteiger partial charge in [0.1, 0.15) is 6.04 Å². The van der Waals surface area contributed by atoms with E-state index in [4.69, 9.17) is 5.11 Å². The summed E-state index contributed by atoms with van der Waals surface area (Å²) in [5, 5.41) is 11.9. The summed E-state index contributed by atoms with van der Waals surface area (Å²) in [6.45, 7) is 5.18. The summed E-state index contributed by atoms with van der Waals surface area (Å²) in [6, 6.07) is -0.682. The van der Waals surface area contributed by atoms with E-state index in [0.29, 0.717) is 38.9 Å². The molecule has 0 bridgehead atoms. The predicted molar refractivity (Wildman–Crippen MR) is 75.7 cm³/mol. The summed E-state index contributed by atoms with van der Waals surface area (Å²) >= 11 is 0. The van der Waals surface area contributed by atoms with Crippen LogP contribution in [0.25, 0.3) is 0 Å². The second-order valence-corrected chi connectivity index (χ2v) is 5.79. The molecular weight excluding hydrogens is 274 g/mol. The molecule has 118 valence electrons. The van der Waals surface area contributed by atoms with E-state index in [-0.39, 0.29) is 23.9 Å². The van der Waals surface area contributed by atoms with E-state index in [1.54, 1.807) is 9.80 Å². The maximum absolute atomic E-state index is 12.7. The molecule has 7 heteroatoms. The summed E-state index contributed by atoms with van der Waals surface area (Å²) < 4.78 is 0. The van der Waals surface area contributed by atoms with Crippen LogP contribution in [0.4, 0.5) is 4.79 Å². The number of carboxylic acid groups (broad SMARTS) is 1. The van der Waals surface area contributed by atoms with Gasteiger partial charge in [0.05, 0.1) is 5.92 Å². The Labute approximate surface area is 124 Å². The van der Waals surface area contributed by atoms with Crippen molar-refractivity contribution in [1.29, 1.82) is 0 Å². The minimum Gasteiger partial charge on any atom is -0.481 e. The van der Waals surface area contributed by atoms with E-state index in [2.05, 4.69) is 5.32 Å². The van der Waals surface area contributed by atoms with Crippen molar-refractivity contribution in [1.82, 2.24) is 15.1 Å². The molecule has 0 aliphatic carbocycles. The van der Waals surface area contributed by atoms with E-state index in [1.165, 1.54) is 0 Å². The number of piperazine rings is 1. The van der Waals surface area contributed by atoms with Crippen LogP contribution in [0.1, 0.15) is 33.1 Å². The van der Waals surface area contributed by atoms with Crippen molar-refractivity contribution in [3.05, 3.63) is 0 Å². The number of aliphatic carboxylic acids is 1. The number of carbonyl (C=O) groups is 3. The third kappa shape index (κ3) is 3.11. The van der Waals surface area contributed by atoms with Crippen molar-refractivity contribution in [3.63, 3.8) is 0 Å². The van der Waals surface area contributed by atoms with E-state index in [9.17, 15) is 14.4 Å². The third-order valence-electron chi connectivity index (χ3n) is 4.43. The minimum absolute atomic E-state index is 0.106. The van der Waals surface area contributed by atoms with Gasteiger partial charge in [0.2, 0.25) is 5.91 Å². The Morgan fingerprint density at radius 2 is 2.05 bits per heavy atom. The molecule has 2 fully saturated rings. The van der Waals surface area contributed by atoms with Crippen LogP contribution in [0, 0.1) is 5.92 Å². The highest BCUT2D eigenvalue weighted by Gasteiger charge is 2.38. The lowest BCUT2D eigenvalue weighted by molar-refractivity contribution is -0.143. The van der Waals surface area contributed by atoms with E-state index < -0.39 is 12.0 Å². The summed E-state index contributed by atoms with van der Waals surface area (Å²) in [5.41, 5.74) is 0. The lowest BCUT2D eigenvalue weighted by Gasteiger charge is -2.42. The van der Waals surface area contributed by atoms with Gasteiger partial charge in [-0.2, -0.15) is 0 Å². The molecule has 2 N–H and O–H groups in total. The van der Waals surface area contributed by atoms with Crippen molar-refractivity contribution in [2.45, 2.75) is 45.2 Å². The predicted octanol–water partition coefficient (Wildman–Crippen LogP) is 0.502. The number of urea groups is 1. The first-order valence-electron chi connectivity index (χ1n) is 7.53. The number of amides is 3. The molecule has 2 aliphatic heterocycles. The Balaban J connectivity index is 2.05. The highest BCUT2D eigenvalue weighted by atomic mass is 16.4. The van der Waals surface area contributed by atoms with Crippen LogP contribution >= 0.6 is 0 Å². The lowest BCUT2D eigenvalue weighted by Crippen LogP contribution is -2.61. The molecule has 0 aromatic carbocycles. The van der Waals surface area contributed by atoms with Gasteiger partial charge in [0, 0.05) is 25.7 Å². The van der Waals surface area contributed by atoms with Crippen LogP contribution in [0.15, 0.2) is 0 Å². The summed E-state index contributed by atoms with van der Waals surface area (Å²) in [5.74, 6) is -1.28. The number of hydrogen-bond donors (Lipinski definition) is 2. The Morgan fingerprint density at radius 3 is 2.62 bits per heavy atom. The van der Waals surface area contributed by atoms with Crippen LogP contribution in [0.3, 0.4) is 0 Å². The summed E-state index contributed by atoms with van der Waals surface area (Å²) in [4.78, 5) is 38.9. The molecule has 0 saturated carbocycles. The minimum atomic E-state index is -0.794. The van der Waals surface area contributed by atoms with Gasteiger partial charge in [-0.05, 0) is 26.2 Å². The SMILES string of the molecule is CCC1C(=O)NCCN1C(=O)N1CCC(C(=O)O)CC1C. The summed E-state index contributed by atoms with van der Waals surface area (Å²) in [7, 11) is 0. The molecule has 2 rings (SSSR count). The lowest BCUT2D eigenvalue weighted by atomic mass is 9.92. The Bertz CT molecular complexity index is 440. The number of nitrogens with one attached hydrogen (secondary N) is 1. The average molecular weight is 297 g/mol. The molecular formula is C14H23N3O4. The van der Waals surface area contributed by atoms with Gasteiger partial charge < -0.3 is 20.2 Å². The average Bonchev–Trinajstić information content (AvgIpc) is 2.46. The molecule has 0 spiro atoms. The topological polar surface area (TPSA) is 90.0 Å². The molecule has 0 aromatic rings. The highest BCUT2D eigenvalue weighted by molar-refractivity contribution is 5.88. The van der Waals surface area contributed by atoms with Crippen molar-refractivity contribution in [3.8, 4) is 0 Å². The number of piperidine rings is 1. The number of carbonyl (C=O) groups excluding carboxylic acids is 2. The molecule has 2 aliphatic rings. The van der Waals surface area contributed by atoms with Gasteiger partial charge in [0.15, 0.2) is 0 Å². The quantitative estimate of drug-likeness (QED) is 0.776. The van der Waals surface area contributed by atoms with Gasteiger partial charge in [-0.15, -0.1) is 0 Å². The first kappa shape index (κ1) is 15.6. The zero-order chi connectivity index (χ0) is 15.6. The first-order chi connectivity index (χ1) is 9.95. The monoisotopic (exact) mass is 297 g/mol. The molecule has 0 radical (unpaired) electrons. The van der Waals surface area contributed by atoms with E-state index in [0.717, 1.165) is 0 Å². The number of hydrogen-bond acceptors (Lipinski definition) is 3. The number of likely N-dealkylation sites (tertiary alicyclic amines) is 1. The second-order valence-electron chi connectivity index (χ2n) is 5.79. The van der Waals surface area contributed by atoms with Crippen molar-refractivity contribution < 1.29 is 19.5 Å². The third-order valence-corrected chi connectivity index (χ3v) is 4.43. The maximum atomic E-state index is 12.7. The molecule has 7 nitrogen and oxygen atoms in total. The number of nitrogens with zero attached hydrogens (tertiary/aromatic N) is 2. The molecule has 3 atom stereocenters. The standard InChI is InChI=1S/C14H23N3O4/c1-3-11-12(18)15-5-7-17(11)14(21)16-6-4-10(13(19)20)8-9(16)2/h9-11H,3-8H2,1-2H3,(H,15,18)(H,19,20). The number of rotatable bonds is 2. The van der Waals surface area contributed by atoms with Crippen LogP contribution in [0.5, 0.6) is 0 Å². The maximum Gasteiger partial charge on any atom is 0.320 e. The van der Waals surface area contributed by atoms with E-state index >= 15 is 0 Å². The molecule has 3 unspecified atom stereocenters. The smallest absolute Gasteiger partial charge is 0.320 e. The van der Waals surface area contributed by atoms with Gasteiger partial charge in [-0.25, -0.2) is 4.79 Å². The highest BCUT2D eigenvalue weighted by Crippen LogP contribution is 2.25. The molecule has 21 heavy (non-hydrogen) atoms. The van der Waals surface area contributed by atoms with Gasteiger partial charge in [-0.1, -0.05) is 6.92 Å². The fourth-order valence-corrected chi connectivity index (χ4v) is 3.20. The molecule has 2 heterocycles. The second kappa shape index (κ2) is 6.32. The molecule has 2 saturated heterocycles. The summed E-state index contributed by atoms with van der Waals surface area (Å²) in [6.07, 6.45) is 1.53. The van der Waals surface area contributed by atoms with Crippen LogP contribution < -0.4 is 5.32 Å². The Kier molecular flexibility index (Phi) is 4.69. The Hall–Kier alpha value is -1.79. The van der Waals surface area contributed by atoms with Crippen molar-refractivity contribution in [2.75, 3.05) is 19.6 Å². The number of carboxylic acids is 1. The normalized spacial score (nSPS) is 30.0. The zero-order valence-electron chi connectivity index (χ0n) is 12.5. The zero-order valence-corrected chi connectivity index (χ0v) is 12.5. The largest absolute Gasteiger partial charge is 0.481 e. The van der Waals surface area contributed by atoms with Gasteiger partial charge >= 0.3 is 12.0 Å². The fraction of sp³-hybridized carbons (Fsp3) is 0.786. The Morgan fingerprint density at radius 1 is 1.33 bits per heavy atom. The van der Waals surface area contributed by atoms with Crippen molar-refractivity contribution in [2.24, 2.45) is 5.92 Å². The van der Waals surface area contributed by atoms with Crippen LogP contribution in [-0.2, 0) is 9.59 Å². The molecule has 0 aromatic heterocycles. The van der Waals surface area contributed by atoms with Gasteiger partial charge in [-0.3, -0.25) is 9.59 Å². The fourth-order valence-electron chi connectivity index (χ4n) is 3.20. The van der Waals surface area contributed by atoms with Crippen LogP contribution in [-0.4, -0.2) is 64.5 Å². The van der Waals surface area contributed by atoms with Crippen LogP contribution in [0.2, 0.25) is 0 Å².